The molecule has 0 aliphatic heterocycles. The predicted octanol–water partition coefficient (Wildman–Crippen LogP) is 5.19. The van der Waals surface area contributed by atoms with Gasteiger partial charge < -0.3 is 11.5 Å². The minimum Gasteiger partial charge on any atom is -0.399 e. The first kappa shape index (κ1) is 15.7. The van der Waals surface area contributed by atoms with Gasteiger partial charge in [-0.15, -0.1) is 0 Å². The first-order chi connectivity index (χ1) is 13.2. The van der Waals surface area contributed by atoms with Crippen LogP contribution in [0.3, 0.4) is 0 Å². The molecular formula is C25H20N2. The Bertz CT molecular complexity index is 1070. The molecule has 5 rings (SSSR count). The van der Waals surface area contributed by atoms with E-state index in [4.69, 9.17) is 11.5 Å². The zero-order chi connectivity index (χ0) is 18.4. The lowest BCUT2D eigenvalue weighted by molar-refractivity contribution is 0.785. The number of benzene rings is 3. The SMILES string of the molecule is Nc1ccc(C2(c3ccc(N)cc3)C=CC=C3C2=Cc2ccccc23)cc1. The summed E-state index contributed by atoms with van der Waals surface area (Å²) in [7, 11) is 0. The van der Waals surface area contributed by atoms with E-state index in [2.05, 4.69) is 72.8 Å². The van der Waals surface area contributed by atoms with Crippen LogP contribution in [-0.4, -0.2) is 0 Å². The highest BCUT2D eigenvalue weighted by Gasteiger charge is 2.41. The van der Waals surface area contributed by atoms with E-state index in [0.717, 1.165) is 11.4 Å². The lowest BCUT2D eigenvalue weighted by Crippen LogP contribution is -2.29. The maximum Gasteiger partial charge on any atom is 0.0641 e. The highest BCUT2D eigenvalue weighted by molar-refractivity contribution is 6.00. The molecule has 3 aromatic carbocycles. The molecule has 2 nitrogen and oxygen atoms in total. The quantitative estimate of drug-likeness (QED) is 0.626. The summed E-state index contributed by atoms with van der Waals surface area (Å²) < 4.78 is 0. The van der Waals surface area contributed by atoms with Crippen LogP contribution in [0.25, 0.3) is 11.6 Å². The largest absolute Gasteiger partial charge is 0.399 e. The van der Waals surface area contributed by atoms with Crippen molar-refractivity contribution in [1.29, 1.82) is 0 Å². The molecule has 0 saturated heterocycles. The highest BCUT2D eigenvalue weighted by Crippen LogP contribution is 2.52. The van der Waals surface area contributed by atoms with Crippen molar-refractivity contribution in [2.24, 2.45) is 0 Å². The third-order valence-electron chi connectivity index (χ3n) is 5.61. The second-order valence-electron chi connectivity index (χ2n) is 7.14. The zero-order valence-corrected chi connectivity index (χ0v) is 14.9. The van der Waals surface area contributed by atoms with E-state index in [9.17, 15) is 0 Å². The summed E-state index contributed by atoms with van der Waals surface area (Å²) in [6, 6.07) is 25.0. The lowest BCUT2D eigenvalue weighted by Gasteiger charge is -2.37. The molecule has 130 valence electrons. The number of nitrogens with two attached hydrogens (primary N) is 2. The van der Waals surface area contributed by atoms with Crippen molar-refractivity contribution in [2.75, 3.05) is 11.5 Å². The van der Waals surface area contributed by atoms with E-state index >= 15 is 0 Å². The van der Waals surface area contributed by atoms with Crippen molar-refractivity contribution in [3.8, 4) is 0 Å². The van der Waals surface area contributed by atoms with Crippen molar-refractivity contribution in [3.05, 3.63) is 119 Å². The molecule has 0 spiro atoms. The van der Waals surface area contributed by atoms with E-state index in [0.29, 0.717) is 0 Å². The average Bonchev–Trinajstić information content (AvgIpc) is 3.08. The van der Waals surface area contributed by atoms with Crippen LogP contribution >= 0.6 is 0 Å². The van der Waals surface area contributed by atoms with Crippen molar-refractivity contribution in [1.82, 2.24) is 0 Å². The summed E-state index contributed by atoms with van der Waals surface area (Å²) in [5.41, 5.74) is 20.6. The number of anilines is 2. The summed E-state index contributed by atoms with van der Waals surface area (Å²) in [5.74, 6) is 0. The first-order valence-electron chi connectivity index (χ1n) is 9.12. The Morgan fingerprint density at radius 3 is 1.89 bits per heavy atom. The third-order valence-corrected chi connectivity index (χ3v) is 5.61. The molecule has 0 saturated carbocycles. The van der Waals surface area contributed by atoms with Gasteiger partial charge in [-0.05, 0) is 63.7 Å². The van der Waals surface area contributed by atoms with Gasteiger partial charge >= 0.3 is 0 Å². The third kappa shape index (κ3) is 2.27. The Kier molecular flexibility index (Phi) is 3.34. The normalized spacial score (nSPS) is 16.3. The van der Waals surface area contributed by atoms with Gasteiger partial charge in [-0.3, -0.25) is 0 Å². The molecule has 27 heavy (non-hydrogen) atoms. The Hall–Kier alpha value is -3.52. The molecule has 3 aromatic rings. The monoisotopic (exact) mass is 348 g/mol. The van der Waals surface area contributed by atoms with Crippen LogP contribution in [0.15, 0.2) is 96.6 Å². The molecule has 4 N–H and O–H groups in total. The molecule has 2 aliphatic rings. The number of hydrogen-bond donors (Lipinski definition) is 2. The van der Waals surface area contributed by atoms with Crippen LogP contribution < -0.4 is 11.5 Å². The smallest absolute Gasteiger partial charge is 0.0641 e. The van der Waals surface area contributed by atoms with Gasteiger partial charge in [0.25, 0.3) is 0 Å². The van der Waals surface area contributed by atoms with E-state index in [1.165, 1.54) is 33.4 Å². The van der Waals surface area contributed by atoms with Gasteiger partial charge in [0.1, 0.15) is 0 Å². The molecule has 0 fully saturated rings. The summed E-state index contributed by atoms with van der Waals surface area (Å²) in [4.78, 5) is 0. The molecule has 0 bridgehead atoms. The Labute approximate surface area is 159 Å². The van der Waals surface area contributed by atoms with Gasteiger partial charge in [0.2, 0.25) is 0 Å². The molecule has 2 aliphatic carbocycles. The Morgan fingerprint density at radius 1 is 0.667 bits per heavy atom. The molecule has 2 heteroatoms. The summed E-state index contributed by atoms with van der Waals surface area (Å²) >= 11 is 0. The molecule has 0 unspecified atom stereocenters. The minimum absolute atomic E-state index is 0.371. The number of fused-ring (bicyclic) bond motifs is 3. The molecule has 0 amide bonds. The molecule has 0 aromatic heterocycles. The fourth-order valence-electron chi connectivity index (χ4n) is 4.29. The van der Waals surface area contributed by atoms with Gasteiger partial charge in [-0.2, -0.15) is 0 Å². The lowest BCUT2D eigenvalue weighted by atomic mass is 9.65. The van der Waals surface area contributed by atoms with Crippen molar-refractivity contribution >= 4 is 23.0 Å². The summed E-state index contributed by atoms with van der Waals surface area (Å²) in [6.07, 6.45) is 8.98. The van der Waals surface area contributed by atoms with Gasteiger partial charge in [0.15, 0.2) is 0 Å². The fraction of sp³-hybridized carbons (Fsp3) is 0.0400. The molecule has 0 radical (unpaired) electrons. The molecular weight excluding hydrogens is 328 g/mol. The summed E-state index contributed by atoms with van der Waals surface area (Å²) in [5, 5.41) is 0. The minimum atomic E-state index is -0.371. The van der Waals surface area contributed by atoms with Crippen molar-refractivity contribution in [3.63, 3.8) is 0 Å². The van der Waals surface area contributed by atoms with Crippen LogP contribution in [0.4, 0.5) is 11.4 Å². The maximum atomic E-state index is 5.97. The van der Waals surface area contributed by atoms with Crippen LogP contribution in [0.1, 0.15) is 22.3 Å². The first-order valence-corrected chi connectivity index (χ1v) is 9.12. The second kappa shape index (κ2) is 5.75. The Morgan fingerprint density at radius 2 is 1.26 bits per heavy atom. The van der Waals surface area contributed by atoms with Gasteiger partial charge in [0.05, 0.1) is 5.41 Å². The van der Waals surface area contributed by atoms with E-state index in [1.807, 2.05) is 24.3 Å². The van der Waals surface area contributed by atoms with E-state index in [1.54, 1.807) is 0 Å². The van der Waals surface area contributed by atoms with Gasteiger partial charge in [0, 0.05) is 11.4 Å². The van der Waals surface area contributed by atoms with Crippen LogP contribution in [0.2, 0.25) is 0 Å². The summed E-state index contributed by atoms with van der Waals surface area (Å²) in [6.45, 7) is 0. The Balaban J connectivity index is 1.80. The zero-order valence-electron chi connectivity index (χ0n) is 14.9. The van der Waals surface area contributed by atoms with E-state index < -0.39 is 0 Å². The number of hydrogen-bond acceptors (Lipinski definition) is 2. The van der Waals surface area contributed by atoms with Crippen LogP contribution in [0.5, 0.6) is 0 Å². The van der Waals surface area contributed by atoms with Gasteiger partial charge in [-0.25, -0.2) is 0 Å². The predicted molar refractivity (Wildman–Crippen MR) is 114 cm³/mol. The average molecular weight is 348 g/mol. The second-order valence-corrected chi connectivity index (χ2v) is 7.14. The number of allylic oxidation sites excluding steroid dienone is 5. The topological polar surface area (TPSA) is 52.0 Å². The maximum absolute atomic E-state index is 5.97. The van der Waals surface area contributed by atoms with Crippen LogP contribution in [0, 0.1) is 0 Å². The van der Waals surface area contributed by atoms with Crippen LogP contribution in [-0.2, 0) is 5.41 Å². The number of rotatable bonds is 2. The van der Waals surface area contributed by atoms with Crippen molar-refractivity contribution in [2.45, 2.75) is 5.41 Å². The van der Waals surface area contributed by atoms with Gasteiger partial charge in [-0.1, -0.05) is 66.8 Å². The van der Waals surface area contributed by atoms with E-state index in [-0.39, 0.29) is 5.41 Å². The number of nitrogen functional groups attached to an aromatic ring is 2. The highest BCUT2D eigenvalue weighted by atomic mass is 14.5. The molecule has 0 heterocycles. The fourth-order valence-corrected chi connectivity index (χ4v) is 4.29. The standard InChI is InChI=1S/C25H20N2/c26-20-11-7-18(8-12-20)25(19-9-13-21(27)14-10-19)15-3-6-23-22-5-2-1-4-17(22)16-24(23)25/h1-16H,26-27H2. The van der Waals surface area contributed by atoms with Crippen molar-refractivity contribution < 1.29 is 0 Å². The molecule has 0 atom stereocenters.